The summed E-state index contributed by atoms with van der Waals surface area (Å²) in [5, 5.41) is 8.53. The molecule has 0 saturated carbocycles. The van der Waals surface area contributed by atoms with E-state index in [0.29, 0.717) is 22.7 Å². The molecule has 1 heterocycles. The van der Waals surface area contributed by atoms with E-state index in [4.69, 9.17) is 9.15 Å². The zero-order chi connectivity index (χ0) is 18.7. The number of rotatable bonds is 5. The summed E-state index contributed by atoms with van der Waals surface area (Å²) in [6.45, 7) is 3.01. The lowest BCUT2D eigenvalue weighted by Gasteiger charge is -2.10. The third kappa shape index (κ3) is 3.66. The highest BCUT2D eigenvalue weighted by Crippen LogP contribution is 2.36. The number of carbonyl (C=O) groups is 2. The van der Waals surface area contributed by atoms with Crippen LogP contribution in [-0.4, -0.2) is 24.6 Å². The highest BCUT2D eigenvalue weighted by atomic mass is 16.5. The minimum absolute atomic E-state index is 0.0433. The van der Waals surface area contributed by atoms with E-state index in [2.05, 4.69) is 15.8 Å². The Balaban J connectivity index is 1.87. The SMILES string of the molecule is COc1cc2c(cc1NC(=O)C/C(C)=N\NC(C)=O)oc1ccccc12. The van der Waals surface area contributed by atoms with Crippen LogP contribution in [0.3, 0.4) is 0 Å². The normalized spacial score (nSPS) is 11.6. The molecule has 26 heavy (non-hydrogen) atoms. The van der Waals surface area contributed by atoms with Gasteiger partial charge in [-0.15, -0.1) is 0 Å². The fraction of sp³-hybridized carbons (Fsp3) is 0.211. The number of amides is 2. The summed E-state index contributed by atoms with van der Waals surface area (Å²) < 4.78 is 11.3. The molecule has 0 atom stereocenters. The third-order valence-corrected chi connectivity index (χ3v) is 3.79. The summed E-state index contributed by atoms with van der Waals surface area (Å²) in [4.78, 5) is 23.1. The van der Waals surface area contributed by atoms with Crippen LogP contribution in [0.1, 0.15) is 20.3 Å². The number of hydrazone groups is 1. The smallest absolute Gasteiger partial charge is 0.236 e. The van der Waals surface area contributed by atoms with Crippen molar-refractivity contribution in [3.63, 3.8) is 0 Å². The number of methoxy groups -OCH3 is 1. The maximum absolute atomic E-state index is 12.3. The summed E-state index contributed by atoms with van der Waals surface area (Å²) >= 11 is 0. The third-order valence-electron chi connectivity index (χ3n) is 3.79. The van der Waals surface area contributed by atoms with Crippen LogP contribution < -0.4 is 15.5 Å². The predicted molar refractivity (Wildman–Crippen MR) is 100 cm³/mol. The Kier molecular flexibility index (Phi) is 4.88. The molecule has 0 unspecified atom stereocenters. The first kappa shape index (κ1) is 17.5. The van der Waals surface area contributed by atoms with Gasteiger partial charge in [-0.3, -0.25) is 9.59 Å². The second-order valence-electron chi connectivity index (χ2n) is 5.89. The molecule has 7 heteroatoms. The van der Waals surface area contributed by atoms with E-state index in [0.717, 1.165) is 16.4 Å². The first-order valence-corrected chi connectivity index (χ1v) is 8.07. The summed E-state index contributed by atoms with van der Waals surface area (Å²) in [5.41, 5.74) is 4.73. The molecule has 0 radical (unpaired) electrons. The van der Waals surface area contributed by atoms with Gasteiger partial charge in [0.15, 0.2) is 0 Å². The summed E-state index contributed by atoms with van der Waals surface area (Å²) in [6.07, 6.45) is 0.0433. The first-order valence-electron chi connectivity index (χ1n) is 8.07. The fourth-order valence-electron chi connectivity index (χ4n) is 2.66. The zero-order valence-electron chi connectivity index (χ0n) is 14.8. The molecule has 2 amide bonds. The average Bonchev–Trinajstić information content (AvgIpc) is 2.96. The Morgan fingerprint density at radius 2 is 1.88 bits per heavy atom. The van der Waals surface area contributed by atoms with Crippen molar-refractivity contribution in [1.29, 1.82) is 0 Å². The number of fused-ring (bicyclic) bond motifs is 3. The molecule has 7 nitrogen and oxygen atoms in total. The van der Waals surface area contributed by atoms with Gasteiger partial charge in [0.25, 0.3) is 0 Å². The Hall–Kier alpha value is -3.35. The molecule has 0 fully saturated rings. The van der Waals surface area contributed by atoms with Crippen molar-refractivity contribution in [3.05, 3.63) is 36.4 Å². The molecule has 0 aliphatic rings. The lowest BCUT2D eigenvalue weighted by molar-refractivity contribution is -0.119. The van der Waals surface area contributed by atoms with Crippen LogP contribution in [0.25, 0.3) is 21.9 Å². The van der Waals surface area contributed by atoms with E-state index >= 15 is 0 Å². The highest BCUT2D eigenvalue weighted by molar-refractivity contribution is 6.10. The number of ether oxygens (including phenoxy) is 1. The molecule has 2 aromatic carbocycles. The molecule has 134 valence electrons. The molecule has 0 saturated heterocycles. The highest BCUT2D eigenvalue weighted by Gasteiger charge is 2.14. The van der Waals surface area contributed by atoms with Crippen LogP contribution in [-0.2, 0) is 9.59 Å². The number of para-hydroxylation sites is 1. The van der Waals surface area contributed by atoms with Gasteiger partial charge in [0.2, 0.25) is 11.8 Å². The van der Waals surface area contributed by atoms with Crippen molar-refractivity contribution >= 4 is 45.2 Å². The molecule has 3 aromatic rings. The lowest BCUT2D eigenvalue weighted by atomic mass is 10.1. The van der Waals surface area contributed by atoms with Gasteiger partial charge in [-0.05, 0) is 19.1 Å². The number of hydrogen-bond acceptors (Lipinski definition) is 5. The van der Waals surface area contributed by atoms with Crippen LogP contribution in [0.5, 0.6) is 5.75 Å². The van der Waals surface area contributed by atoms with Crippen LogP contribution in [0.4, 0.5) is 5.69 Å². The monoisotopic (exact) mass is 353 g/mol. The van der Waals surface area contributed by atoms with Crippen molar-refractivity contribution in [2.45, 2.75) is 20.3 Å². The standard InChI is InChI=1S/C19H19N3O4/c1-11(21-22-12(2)23)8-19(24)20-15-10-17-14(9-18(15)25-3)13-6-4-5-7-16(13)26-17/h4-7,9-10H,8H2,1-3H3,(H,20,24)(H,22,23)/b21-11-. The van der Waals surface area contributed by atoms with Gasteiger partial charge in [-0.25, -0.2) is 5.43 Å². The van der Waals surface area contributed by atoms with Crippen LogP contribution >= 0.6 is 0 Å². The minimum Gasteiger partial charge on any atom is -0.495 e. The van der Waals surface area contributed by atoms with Gasteiger partial charge in [0.05, 0.1) is 19.2 Å². The van der Waals surface area contributed by atoms with Crippen molar-refractivity contribution in [1.82, 2.24) is 5.43 Å². The predicted octanol–water partition coefficient (Wildman–Crippen LogP) is 3.44. The number of carbonyl (C=O) groups excluding carboxylic acids is 2. The molecule has 0 bridgehead atoms. The Morgan fingerprint density at radius 1 is 1.12 bits per heavy atom. The Labute approximate surface area is 150 Å². The molecule has 0 spiro atoms. The number of nitrogens with zero attached hydrogens (tertiary/aromatic N) is 1. The van der Waals surface area contributed by atoms with Crippen molar-refractivity contribution in [2.75, 3.05) is 12.4 Å². The van der Waals surface area contributed by atoms with Crippen molar-refractivity contribution < 1.29 is 18.7 Å². The van der Waals surface area contributed by atoms with E-state index in [1.807, 2.05) is 30.3 Å². The second-order valence-corrected chi connectivity index (χ2v) is 5.89. The zero-order valence-corrected chi connectivity index (χ0v) is 14.8. The quantitative estimate of drug-likeness (QED) is 0.543. The van der Waals surface area contributed by atoms with E-state index < -0.39 is 0 Å². The van der Waals surface area contributed by atoms with Gasteiger partial charge in [0.1, 0.15) is 16.9 Å². The lowest BCUT2D eigenvalue weighted by Crippen LogP contribution is -2.19. The molecule has 3 rings (SSSR count). The number of hydrogen-bond donors (Lipinski definition) is 2. The van der Waals surface area contributed by atoms with Gasteiger partial charge < -0.3 is 14.5 Å². The maximum atomic E-state index is 12.3. The number of furan rings is 1. The largest absolute Gasteiger partial charge is 0.495 e. The van der Waals surface area contributed by atoms with E-state index in [1.165, 1.54) is 6.92 Å². The molecular formula is C19H19N3O4. The van der Waals surface area contributed by atoms with E-state index in [1.54, 1.807) is 20.1 Å². The minimum atomic E-state index is -0.290. The van der Waals surface area contributed by atoms with E-state index in [9.17, 15) is 9.59 Å². The Morgan fingerprint density at radius 3 is 2.62 bits per heavy atom. The summed E-state index contributed by atoms with van der Waals surface area (Å²) in [5.74, 6) is -0.0269. The van der Waals surface area contributed by atoms with Crippen LogP contribution in [0.2, 0.25) is 0 Å². The molecule has 2 N–H and O–H groups in total. The van der Waals surface area contributed by atoms with Crippen LogP contribution in [0.15, 0.2) is 45.9 Å². The summed E-state index contributed by atoms with van der Waals surface area (Å²) in [7, 11) is 1.54. The maximum Gasteiger partial charge on any atom is 0.236 e. The van der Waals surface area contributed by atoms with Crippen molar-refractivity contribution in [3.8, 4) is 5.75 Å². The second kappa shape index (κ2) is 7.26. The average molecular weight is 353 g/mol. The number of nitrogens with one attached hydrogen (secondary N) is 2. The molecule has 0 aliphatic carbocycles. The molecule has 0 aliphatic heterocycles. The van der Waals surface area contributed by atoms with Crippen LogP contribution in [0, 0.1) is 0 Å². The first-order chi connectivity index (χ1) is 12.5. The number of benzene rings is 2. The molecular weight excluding hydrogens is 334 g/mol. The topological polar surface area (TPSA) is 92.9 Å². The number of anilines is 1. The van der Waals surface area contributed by atoms with E-state index in [-0.39, 0.29) is 18.2 Å². The van der Waals surface area contributed by atoms with Crippen molar-refractivity contribution in [2.24, 2.45) is 5.10 Å². The molecule has 1 aromatic heterocycles. The fourth-order valence-corrected chi connectivity index (χ4v) is 2.66. The van der Waals surface area contributed by atoms with Gasteiger partial charge in [0, 0.05) is 29.5 Å². The van der Waals surface area contributed by atoms with Gasteiger partial charge in [-0.2, -0.15) is 5.10 Å². The summed E-state index contributed by atoms with van der Waals surface area (Å²) in [6, 6.07) is 11.3. The van der Waals surface area contributed by atoms with Gasteiger partial charge >= 0.3 is 0 Å². The van der Waals surface area contributed by atoms with Gasteiger partial charge in [-0.1, -0.05) is 18.2 Å². The Bertz CT molecular complexity index is 1020.